The fraction of sp³-hybridized carbons (Fsp3) is 0.800. The molecule has 1 unspecified atom stereocenters. The standard InChI is InChI=1S/C10H21N3O3/c1-2-3-4-7-13(12)8(10(11)16)5-6-9(14)15/h8H,2-7,12H2,1H3,(H2,11,16)(H,14,15). The maximum Gasteiger partial charge on any atom is 0.303 e. The zero-order valence-electron chi connectivity index (χ0n) is 9.69. The first-order valence-corrected chi connectivity index (χ1v) is 5.51. The van der Waals surface area contributed by atoms with Crippen LogP contribution in [0.4, 0.5) is 0 Å². The Morgan fingerprint density at radius 2 is 2.00 bits per heavy atom. The predicted octanol–water partition coefficient (Wildman–Crippen LogP) is 0.0710. The van der Waals surface area contributed by atoms with E-state index in [4.69, 9.17) is 16.7 Å². The Labute approximate surface area is 95.6 Å². The van der Waals surface area contributed by atoms with E-state index >= 15 is 0 Å². The minimum atomic E-state index is -0.951. The molecule has 1 amide bonds. The van der Waals surface area contributed by atoms with Gasteiger partial charge in [-0.1, -0.05) is 19.8 Å². The van der Waals surface area contributed by atoms with Crippen molar-refractivity contribution in [2.45, 2.75) is 45.1 Å². The van der Waals surface area contributed by atoms with Gasteiger partial charge >= 0.3 is 5.97 Å². The van der Waals surface area contributed by atoms with E-state index in [2.05, 4.69) is 6.92 Å². The molecule has 0 fully saturated rings. The molecule has 0 aliphatic rings. The lowest BCUT2D eigenvalue weighted by atomic mass is 10.1. The summed E-state index contributed by atoms with van der Waals surface area (Å²) >= 11 is 0. The first kappa shape index (κ1) is 14.9. The van der Waals surface area contributed by atoms with Crippen LogP contribution in [0.15, 0.2) is 0 Å². The van der Waals surface area contributed by atoms with Crippen molar-refractivity contribution in [1.82, 2.24) is 5.01 Å². The molecule has 0 aromatic rings. The normalized spacial score (nSPS) is 12.7. The van der Waals surface area contributed by atoms with Crippen molar-refractivity contribution in [3.8, 4) is 0 Å². The van der Waals surface area contributed by atoms with E-state index in [0.717, 1.165) is 19.3 Å². The average molecular weight is 231 g/mol. The summed E-state index contributed by atoms with van der Waals surface area (Å²) in [5.41, 5.74) is 5.17. The molecule has 0 aliphatic heterocycles. The molecule has 0 saturated carbocycles. The highest BCUT2D eigenvalue weighted by Crippen LogP contribution is 2.05. The van der Waals surface area contributed by atoms with Crippen LogP contribution in [0.1, 0.15) is 39.0 Å². The quantitative estimate of drug-likeness (QED) is 0.295. The van der Waals surface area contributed by atoms with Crippen molar-refractivity contribution in [1.29, 1.82) is 0 Å². The Kier molecular flexibility index (Phi) is 7.49. The molecule has 0 spiro atoms. The summed E-state index contributed by atoms with van der Waals surface area (Å²) in [4.78, 5) is 21.5. The molecule has 94 valence electrons. The first-order chi connectivity index (χ1) is 7.49. The molecule has 0 aromatic heterocycles. The summed E-state index contributed by atoms with van der Waals surface area (Å²) in [7, 11) is 0. The van der Waals surface area contributed by atoms with Crippen molar-refractivity contribution < 1.29 is 14.7 Å². The van der Waals surface area contributed by atoms with E-state index in [1.165, 1.54) is 5.01 Å². The van der Waals surface area contributed by atoms with Crippen LogP contribution in [0.25, 0.3) is 0 Å². The summed E-state index contributed by atoms with van der Waals surface area (Å²) < 4.78 is 0. The lowest BCUT2D eigenvalue weighted by Crippen LogP contribution is -2.49. The van der Waals surface area contributed by atoms with Gasteiger partial charge in [0.2, 0.25) is 5.91 Å². The van der Waals surface area contributed by atoms with E-state index in [-0.39, 0.29) is 12.8 Å². The van der Waals surface area contributed by atoms with Gasteiger partial charge in [-0.05, 0) is 12.8 Å². The number of carbonyl (C=O) groups is 2. The minimum Gasteiger partial charge on any atom is -0.481 e. The number of amides is 1. The van der Waals surface area contributed by atoms with E-state index < -0.39 is 17.9 Å². The van der Waals surface area contributed by atoms with Crippen LogP contribution in [0, 0.1) is 0 Å². The van der Waals surface area contributed by atoms with Gasteiger partial charge in [0.15, 0.2) is 0 Å². The monoisotopic (exact) mass is 231 g/mol. The van der Waals surface area contributed by atoms with Crippen molar-refractivity contribution in [3.05, 3.63) is 0 Å². The number of aliphatic carboxylic acids is 1. The summed E-state index contributed by atoms with van der Waals surface area (Å²) in [6.45, 7) is 2.62. The summed E-state index contributed by atoms with van der Waals surface area (Å²) in [5.74, 6) is 4.17. The number of primary amides is 1. The number of nitrogens with two attached hydrogens (primary N) is 2. The maximum absolute atomic E-state index is 11.1. The molecule has 6 nitrogen and oxygen atoms in total. The second-order valence-electron chi connectivity index (χ2n) is 3.80. The molecular formula is C10H21N3O3. The number of carbonyl (C=O) groups excluding carboxylic acids is 1. The third kappa shape index (κ3) is 6.36. The van der Waals surface area contributed by atoms with Crippen molar-refractivity contribution in [2.24, 2.45) is 11.6 Å². The van der Waals surface area contributed by atoms with Crippen molar-refractivity contribution >= 4 is 11.9 Å². The maximum atomic E-state index is 11.1. The van der Waals surface area contributed by atoms with Crippen LogP contribution in [0.5, 0.6) is 0 Å². The number of hydrogen-bond acceptors (Lipinski definition) is 4. The molecule has 0 aromatic carbocycles. The van der Waals surface area contributed by atoms with Gasteiger partial charge in [0.1, 0.15) is 6.04 Å². The van der Waals surface area contributed by atoms with Gasteiger partial charge in [-0.25, -0.2) is 5.01 Å². The molecule has 0 radical (unpaired) electrons. The third-order valence-corrected chi connectivity index (χ3v) is 2.38. The molecular weight excluding hydrogens is 210 g/mol. The topological polar surface area (TPSA) is 110 Å². The fourth-order valence-electron chi connectivity index (χ4n) is 1.43. The Morgan fingerprint density at radius 1 is 1.38 bits per heavy atom. The number of nitrogens with zero attached hydrogens (tertiary/aromatic N) is 1. The number of carboxylic acid groups (broad SMARTS) is 1. The zero-order valence-corrected chi connectivity index (χ0v) is 9.69. The van der Waals surface area contributed by atoms with E-state index in [1.807, 2.05) is 0 Å². The van der Waals surface area contributed by atoms with Crippen LogP contribution in [-0.4, -0.2) is 34.6 Å². The van der Waals surface area contributed by atoms with Gasteiger partial charge in [0.25, 0.3) is 0 Å². The van der Waals surface area contributed by atoms with Crippen LogP contribution in [0.3, 0.4) is 0 Å². The third-order valence-electron chi connectivity index (χ3n) is 2.38. The highest BCUT2D eigenvalue weighted by atomic mass is 16.4. The van der Waals surface area contributed by atoms with E-state index in [9.17, 15) is 9.59 Å². The molecule has 0 heterocycles. The van der Waals surface area contributed by atoms with Crippen LogP contribution in [-0.2, 0) is 9.59 Å². The fourth-order valence-corrected chi connectivity index (χ4v) is 1.43. The molecule has 1 atom stereocenters. The Balaban J connectivity index is 4.08. The second kappa shape index (κ2) is 8.06. The lowest BCUT2D eigenvalue weighted by Gasteiger charge is -2.24. The SMILES string of the molecule is CCCCCN(N)C(CCC(=O)O)C(N)=O. The smallest absolute Gasteiger partial charge is 0.303 e. The molecule has 16 heavy (non-hydrogen) atoms. The van der Waals surface area contributed by atoms with Gasteiger partial charge in [0.05, 0.1) is 0 Å². The molecule has 0 bridgehead atoms. The molecule has 5 N–H and O–H groups in total. The molecule has 0 aliphatic carbocycles. The largest absolute Gasteiger partial charge is 0.481 e. The van der Waals surface area contributed by atoms with Gasteiger partial charge < -0.3 is 10.8 Å². The molecule has 0 rings (SSSR count). The Bertz CT molecular complexity index is 233. The summed E-state index contributed by atoms with van der Waals surface area (Å²) in [5, 5.41) is 9.88. The van der Waals surface area contributed by atoms with Crippen LogP contribution >= 0.6 is 0 Å². The van der Waals surface area contributed by atoms with Gasteiger partial charge in [-0.3, -0.25) is 15.4 Å². The van der Waals surface area contributed by atoms with Gasteiger partial charge in [-0.15, -0.1) is 0 Å². The Morgan fingerprint density at radius 3 is 2.44 bits per heavy atom. The first-order valence-electron chi connectivity index (χ1n) is 5.51. The number of rotatable bonds is 9. The van der Waals surface area contributed by atoms with Crippen LogP contribution < -0.4 is 11.6 Å². The predicted molar refractivity (Wildman–Crippen MR) is 60.3 cm³/mol. The molecule has 0 saturated heterocycles. The number of hydrazine groups is 1. The number of unbranched alkanes of at least 4 members (excludes halogenated alkanes) is 2. The van der Waals surface area contributed by atoms with Gasteiger partial charge in [-0.2, -0.15) is 0 Å². The highest BCUT2D eigenvalue weighted by Gasteiger charge is 2.21. The number of hydrogen-bond donors (Lipinski definition) is 3. The van der Waals surface area contributed by atoms with E-state index in [1.54, 1.807) is 0 Å². The Hall–Kier alpha value is -1.14. The lowest BCUT2D eigenvalue weighted by molar-refractivity contribution is -0.137. The van der Waals surface area contributed by atoms with Crippen molar-refractivity contribution in [3.63, 3.8) is 0 Å². The van der Waals surface area contributed by atoms with Gasteiger partial charge in [0, 0.05) is 13.0 Å². The minimum absolute atomic E-state index is 0.102. The second-order valence-corrected chi connectivity index (χ2v) is 3.80. The van der Waals surface area contributed by atoms with Crippen molar-refractivity contribution in [2.75, 3.05) is 6.54 Å². The average Bonchev–Trinajstić information content (AvgIpc) is 2.17. The number of carboxylic acids is 1. The summed E-state index contributed by atoms with van der Waals surface area (Å²) in [6, 6.07) is -0.687. The van der Waals surface area contributed by atoms with Crippen LogP contribution in [0.2, 0.25) is 0 Å². The van der Waals surface area contributed by atoms with E-state index in [0.29, 0.717) is 6.54 Å². The summed E-state index contributed by atoms with van der Waals surface area (Å²) in [6.07, 6.45) is 3.02. The molecule has 6 heteroatoms. The highest BCUT2D eigenvalue weighted by molar-refractivity contribution is 5.80. The zero-order chi connectivity index (χ0) is 12.6.